The lowest BCUT2D eigenvalue weighted by molar-refractivity contribution is -0.138. The van der Waals surface area contributed by atoms with Gasteiger partial charge in [0.2, 0.25) is 11.8 Å². The monoisotopic (exact) mass is 261 g/mol. The Morgan fingerprint density at radius 1 is 1.41 bits per heavy atom. The van der Waals surface area contributed by atoms with Crippen LogP contribution in [-0.2, 0) is 9.59 Å². The number of amides is 2. The van der Waals surface area contributed by atoms with E-state index in [2.05, 4.69) is 10.6 Å². The van der Waals surface area contributed by atoms with E-state index in [1.807, 2.05) is 0 Å². The van der Waals surface area contributed by atoms with E-state index in [9.17, 15) is 9.59 Å². The first-order chi connectivity index (χ1) is 7.75. The summed E-state index contributed by atoms with van der Waals surface area (Å²) in [5, 5.41) is 6.09. The molecule has 98 valence electrons. The van der Waals surface area contributed by atoms with Gasteiger partial charge in [-0.05, 0) is 25.8 Å². The summed E-state index contributed by atoms with van der Waals surface area (Å²) in [6.45, 7) is 2.55. The largest absolute Gasteiger partial charge is 0.353 e. The molecule has 0 aromatic rings. The van der Waals surface area contributed by atoms with Gasteiger partial charge in [-0.15, -0.1) is 12.4 Å². The first kappa shape index (κ1) is 14.3. The van der Waals surface area contributed by atoms with Crippen LogP contribution in [-0.4, -0.2) is 48.9 Å². The van der Waals surface area contributed by atoms with Gasteiger partial charge in [0.05, 0.1) is 6.54 Å². The maximum Gasteiger partial charge on any atom is 0.239 e. The van der Waals surface area contributed by atoms with Crippen LogP contribution in [0.15, 0.2) is 0 Å². The van der Waals surface area contributed by atoms with Gasteiger partial charge in [-0.2, -0.15) is 0 Å². The fourth-order valence-corrected chi connectivity index (χ4v) is 2.31. The van der Waals surface area contributed by atoms with E-state index in [1.165, 1.54) is 12.8 Å². The van der Waals surface area contributed by atoms with E-state index in [0.29, 0.717) is 25.6 Å². The van der Waals surface area contributed by atoms with Crippen molar-refractivity contribution < 1.29 is 9.59 Å². The second-order valence-corrected chi connectivity index (χ2v) is 4.50. The molecule has 2 aliphatic rings. The van der Waals surface area contributed by atoms with Crippen molar-refractivity contribution in [1.29, 1.82) is 0 Å². The zero-order valence-electron chi connectivity index (χ0n) is 9.91. The second-order valence-electron chi connectivity index (χ2n) is 4.50. The molecular formula is C11H20ClN3O2. The Hall–Kier alpha value is -0.810. The highest BCUT2D eigenvalue weighted by Crippen LogP contribution is 2.12. The summed E-state index contributed by atoms with van der Waals surface area (Å²) in [5.74, 6) is 0.0714. The van der Waals surface area contributed by atoms with Gasteiger partial charge in [0.1, 0.15) is 0 Å². The summed E-state index contributed by atoms with van der Waals surface area (Å²) < 4.78 is 0. The van der Waals surface area contributed by atoms with Gasteiger partial charge in [0.15, 0.2) is 0 Å². The summed E-state index contributed by atoms with van der Waals surface area (Å²) >= 11 is 0. The van der Waals surface area contributed by atoms with Crippen molar-refractivity contribution in [2.45, 2.75) is 31.7 Å². The molecule has 2 saturated heterocycles. The molecule has 0 bridgehead atoms. The summed E-state index contributed by atoms with van der Waals surface area (Å²) in [5.41, 5.74) is 0. The lowest BCUT2D eigenvalue weighted by Crippen LogP contribution is -2.50. The van der Waals surface area contributed by atoms with Crippen molar-refractivity contribution in [2.24, 2.45) is 0 Å². The third-order valence-corrected chi connectivity index (χ3v) is 3.26. The molecule has 2 heterocycles. The molecule has 2 fully saturated rings. The molecular weight excluding hydrogens is 242 g/mol. The Kier molecular flexibility index (Phi) is 5.71. The smallest absolute Gasteiger partial charge is 0.239 e. The molecule has 2 aliphatic heterocycles. The van der Waals surface area contributed by atoms with E-state index in [-0.39, 0.29) is 30.8 Å². The maximum absolute atomic E-state index is 11.8. The van der Waals surface area contributed by atoms with E-state index in [4.69, 9.17) is 0 Å². The topological polar surface area (TPSA) is 61.4 Å². The highest BCUT2D eigenvalue weighted by Gasteiger charge is 2.22. The van der Waals surface area contributed by atoms with Crippen LogP contribution in [0.3, 0.4) is 0 Å². The molecule has 1 unspecified atom stereocenters. The maximum atomic E-state index is 11.8. The number of carbonyl (C=O) groups excluding carboxylic acids is 2. The number of carbonyl (C=O) groups is 2. The van der Waals surface area contributed by atoms with Crippen molar-refractivity contribution in [3.05, 3.63) is 0 Å². The number of piperazine rings is 1. The van der Waals surface area contributed by atoms with Crippen molar-refractivity contribution in [1.82, 2.24) is 15.5 Å². The summed E-state index contributed by atoms with van der Waals surface area (Å²) in [7, 11) is 0. The molecule has 6 heteroatoms. The van der Waals surface area contributed by atoms with Crippen LogP contribution in [0, 0.1) is 0 Å². The minimum Gasteiger partial charge on any atom is -0.353 e. The van der Waals surface area contributed by atoms with Crippen LogP contribution in [0.5, 0.6) is 0 Å². The molecule has 0 aromatic heterocycles. The van der Waals surface area contributed by atoms with Crippen LogP contribution in [0.25, 0.3) is 0 Å². The number of hydrogen-bond donors (Lipinski definition) is 2. The SMILES string of the molecule is Cl.O=C1CN(C(=O)CCC2CCCN2)CCN1. The average molecular weight is 262 g/mol. The third-order valence-electron chi connectivity index (χ3n) is 3.26. The van der Waals surface area contributed by atoms with Crippen LogP contribution in [0.1, 0.15) is 25.7 Å². The molecule has 2 amide bonds. The average Bonchev–Trinajstić information content (AvgIpc) is 2.78. The van der Waals surface area contributed by atoms with Crippen LogP contribution in [0.2, 0.25) is 0 Å². The third kappa shape index (κ3) is 4.16. The van der Waals surface area contributed by atoms with Crippen LogP contribution >= 0.6 is 12.4 Å². The van der Waals surface area contributed by atoms with E-state index in [1.54, 1.807) is 4.90 Å². The Balaban J connectivity index is 0.00000144. The van der Waals surface area contributed by atoms with Crippen molar-refractivity contribution in [3.8, 4) is 0 Å². The lowest BCUT2D eigenvalue weighted by atomic mass is 10.1. The number of halogens is 1. The molecule has 1 atom stereocenters. The van der Waals surface area contributed by atoms with Crippen LogP contribution in [0.4, 0.5) is 0 Å². The quantitative estimate of drug-likeness (QED) is 0.746. The Morgan fingerprint density at radius 3 is 2.88 bits per heavy atom. The van der Waals surface area contributed by atoms with Crippen LogP contribution < -0.4 is 10.6 Å². The molecule has 0 saturated carbocycles. The first-order valence-corrected chi connectivity index (χ1v) is 6.03. The minimum atomic E-state index is -0.0430. The molecule has 0 aromatic carbocycles. The fourth-order valence-electron chi connectivity index (χ4n) is 2.31. The standard InChI is InChI=1S/C11H19N3O2.ClH/c15-10-8-14(7-6-13-10)11(16)4-3-9-2-1-5-12-9;/h9,12H,1-8H2,(H,13,15);1H. The molecule has 0 spiro atoms. The number of rotatable bonds is 3. The number of nitrogens with one attached hydrogen (secondary N) is 2. The predicted octanol–water partition coefficient (Wildman–Crippen LogP) is -0.101. The molecule has 5 nitrogen and oxygen atoms in total. The van der Waals surface area contributed by atoms with Gasteiger partial charge >= 0.3 is 0 Å². The van der Waals surface area contributed by atoms with Gasteiger partial charge in [0.25, 0.3) is 0 Å². The highest BCUT2D eigenvalue weighted by atomic mass is 35.5. The van der Waals surface area contributed by atoms with Gasteiger partial charge in [-0.25, -0.2) is 0 Å². The van der Waals surface area contributed by atoms with Gasteiger partial charge in [-0.1, -0.05) is 0 Å². The number of nitrogens with zero attached hydrogens (tertiary/aromatic N) is 1. The first-order valence-electron chi connectivity index (χ1n) is 6.03. The molecule has 17 heavy (non-hydrogen) atoms. The molecule has 0 radical (unpaired) electrons. The van der Waals surface area contributed by atoms with Crippen molar-refractivity contribution in [2.75, 3.05) is 26.2 Å². The van der Waals surface area contributed by atoms with E-state index in [0.717, 1.165) is 13.0 Å². The molecule has 2 rings (SSSR count). The Bertz CT molecular complexity index is 280. The minimum absolute atomic E-state index is 0. The second kappa shape index (κ2) is 6.81. The van der Waals surface area contributed by atoms with Crippen molar-refractivity contribution >= 4 is 24.2 Å². The predicted molar refractivity (Wildman–Crippen MR) is 67.1 cm³/mol. The van der Waals surface area contributed by atoms with Gasteiger partial charge in [-0.3, -0.25) is 9.59 Å². The molecule has 2 N–H and O–H groups in total. The number of hydrogen-bond acceptors (Lipinski definition) is 3. The summed E-state index contributed by atoms with van der Waals surface area (Å²) in [6, 6.07) is 0.502. The Morgan fingerprint density at radius 2 is 2.24 bits per heavy atom. The zero-order chi connectivity index (χ0) is 11.4. The summed E-state index contributed by atoms with van der Waals surface area (Å²) in [4.78, 5) is 24.6. The Labute approximate surface area is 108 Å². The van der Waals surface area contributed by atoms with Gasteiger partial charge < -0.3 is 15.5 Å². The van der Waals surface area contributed by atoms with E-state index < -0.39 is 0 Å². The fraction of sp³-hybridized carbons (Fsp3) is 0.818. The normalized spacial score (nSPS) is 24.1. The summed E-state index contributed by atoms with van der Waals surface area (Å²) in [6.07, 6.45) is 3.85. The highest BCUT2D eigenvalue weighted by molar-refractivity contribution is 5.86. The van der Waals surface area contributed by atoms with E-state index >= 15 is 0 Å². The molecule has 0 aliphatic carbocycles. The lowest BCUT2D eigenvalue weighted by Gasteiger charge is -2.27. The zero-order valence-corrected chi connectivity index (χ0v) is 10.7. The van der Waals surface area contributed by atoms with Gasteiger partial charge in [0, 0.05) is 25.6 Å². The van der Waals surface area contributed by atoms with Crippen molar-refractivity contribution in [3.63, 3.8) is 0 Å².